The summed E-state index contributed by atoms with van der Waals surface area (Å²) in [5.74, 6) is 0.663. The maximum atomic E-state index is 13.0. The SMILES string of the molecule is CCn1c(=O)c2ccccc2n2c(CN3C(=O)NC4(CCCC4)C3=O)nnc12. The quantitative estimate of drug-likeness (QED) is 0.693. The van der Waals surface area contributed by atoms with Crippen LogP contribution in [0.5, 0.6) is 0 Å². The Morgan fingerprint density at radius 1 is 1.11 bits per heavy atom. The number of aromatic nitrogens is 4. The molecule has 5 rings (SSSR count). The Balaban J connectivity index is 1.65. The van der Waals surface area contributed by atoms with E-state index in [2.05, 4.69) is 15.5 Å². The van der Waals surface area contributed by atoms with Crippen molar-refractivity contribution in [1.29, 1.82) is 0 Å². The first kappa shape index (κ1) is 16.9. The third-order valence-corrected chi connectivity index (χ3v) is 5.89. The average Bonchev–Trinajstić information content (AvgIpc) is 3.39. The smallest absolute Gasteiger partial charge is 0.323 e. The summed E-state index contributed by atoms with van der Waals surface area (Å²) in [5.41, 5.74) is -0.232. The largest absolute Gasteiger partial charge is 0.325 e. The summed E-state index contributed by atoms with van der Waals surface area (Å²) < 4.78 is 3.31. The molecule has 2 fully saturated rings. The van der Waals surface area contributed by atoms with Crippen LogP contribution in [0.2, 0.25) is 0 Å². The van der Waals surface area contributed by atoms with Crippen molar-refractivity contribution in [2.24, 2.45) is 0 Å². The summed E-state index contributed by atoms with van der Waals surface area (Å²) in [6, 6.07) is 6.83. The number of fused-ring (bicyclic) bond motifs is 3. The zero-order chi connectivity index (χ0) is 19.5. The van der Waals surface area contributed by atoms with Crippen molar-refractivity contribution in [1.82, 2.24) is 29.4 Å². The lowest BCUT2D eigenvalue weighted by Gasteiger charge is -2.19. The Morgan fingerprint density at radius 3 is 2.61 bits per heavy atom. The van der Waals surface area contributed by atoms with Crippen molar-refractivity contribution < 1.29 is 9.59 Å². The second-order valence-electron chi connectivity index (χ2n) is 7.43. The van der Waals surface area contributed by atoms with Gasteiger partial charge in [0.05, 0.1) is 17.4 Å². The number of carbonyl (C=O) groups excluding carboxylic acids is 2. The second kappa shape index (κ2) is 5.88. The first-order chi connectivity index (χ1) is 13.6. The molecule has 1 saturated heterocycles. The highest BCUT2D eigenvalue weighted by Gasteiger charge is 2.52. The second-order valence-corrected chi connectivity index (χ2v) is 7.43. The Hall–Kier alpha value is -3.23. The van der Waals surface area contributed by atoms with Crippen LogP contribution in [0.1, 0.15) is 38.4 Å². The molecule has 0 radical (unpaired) electrons. The number of hydrogen-bond donors (Lipinski definition) is 1. The summed E-state index contributed by atoms with van der Waals surface area (Å²) in [5, 5.41) is 11.8. The van der Waals surface area contributed by atoms with Crippen LogP contribution < -0.4 is 10.9 Å². The van der Waals surface area contributed by atoms with Crippen LogP contribution in [-0.4, -0.2) is 41.5 Å². The summed E-state index contributed by atoms with van der Waals surface area (Å²) in [6.07, 6.45) is 3.21. The molecule has 1 saturated carbocycles. The van der Waals surface area contributed by atoms with Gasteiger partial charge in [-0.15, -0.1) is 10.2 Å². The average molecular weight is 380 g/mol. The molecule has 144 valence electrons. The van der Waals surface area contributed by atoms with Crippen LogP contribution in [0.25, 0.3) is 16.7 Å². The molecule has 2 aliphatic rings. The van der Waals surface area contributed by atoms with Gasteiger partial charge in [-0.3, -0.25) is 23.5 Å². The van der Waals surface area contributed by atoms with Gasteiger partial charge >= 0.3 is 6.03 Å². The molecule has 2 aromatic heterocycles. The minimum atomic E-state index is -0.759. The van der Waals surface area contributed by atoms with Gasteiger partial charge in [0.1, 0.15) is 5.54 Å². The Morgan fingerprint density at radius 2 is 1.86 bits per heavy atom. The van der Waals surface area contributed by atoms with Gasteiger partial charge in [-0.25, -0.2) is 4.79 Å². The third-order valence-electron chi connectivity index (χ3n) is 5.89. The first-order valence-corrected chi connectivity index (χ1v) is 9.55. The van der Waals surface area contributed by atoms with E-state index in [1.807, 2.05) is 19.1 Å². The Bertz CT molecular complexity index is 1190. The molecule has 1 aliphatic heterocycles. The highest BCUT2D eigenvalue weighted by Crippen LogP contribution is 2.35. The molecule has 3 amide bonds. The molecule has 3 heterocycles. The number of urea groups is 1. The number of rotatable bonds is 3. The molecule has 1 aromatic carbocycles. The van der Waals surface area contributed by atoms with E-state index in [0.29, 0.717) is 41.9 Å². The monoisotopic (exact) mass is 380 g/mol. The van der Waals surface area contributed by atoms with E-state index >= 15 is 0 Å². The zero-order valence-electron chi connectivity index (χ0n) is 15.5. The van der Waals surface area contributed by atoms with E-state index in [1.54, 1.807) is 21.1 Å². The van der Waals surface area contributed by atoms with Crippen LogP contribution >= 0.6 is 0 Å². The fraction of sp³-hybridized carbons (Fsp3) is 0.421. The summed E-state index contributed by atoms with van der Waals surface area (Å²) >= 11 is 0. The van der Waals surface area contributed by atoms with E-state index in [1.165, 1.54) is 4.90 Å². The van der Waals surface area contributed by atoms with Gasteiger partial charge in [0.2, 0.25) is 5.78 Å². The Kier molecular flexibility index (Phi) is 3.55. The van der Waals surface area contributed by atoms with E-state index in [4.69, 9.17) is 0 Å². The lowest BCUT2D eigenvalue weighted by molar-refractivity contribution is -0.131. The maximum Gasteiger partial charge on any atom is 0.325 e. The number of para-hydroxylation sites is 1. The molecule has 3 aromatic rings. The van der Waals surface area contributed by atoms with Gasteiger partial charge in [0, 0.05) is 6.54 Å². The predicted molar refractivity (Wildman–Crippen MR) is 101 cm³/mol. The highest BCUT2D eigenvalue weighted by atomic mass is 16.2. The maximum absolute atomic E-state index is 13.0. The topological polar surface area (TPSA) is 102 Å². The van der Waals surface area contributed by atoms with E-state index in [-0.39, 0.29) is 18.0 Å². The van der Waals surface area contributed by atoms with Gasteiger partial charge in [0.25, 0.3) is 11.5 Å². The fourth-order valence-corrected chi connectivity index (χ4v) is 4.48. The van der Waals surface area contributed by atoms with E-state index in [0.717, 1.165) is 12.8 Å². The van der Waals surface area contributed by atoms with Crippen molar-refractivity contribution in [2.45, 2.75) is 51.2 Å². The fourth-order valence-electron chi connectivity index (χ4n) is 4.48. The number of hydrogen-bond acceptors (Lipinski definition) is 5. The van der Waals surface area contributed by atoms with Crippen LogP contribution in [0.15, 0.2) is 29.1 Å². The van der Waals surface area contributed by atoms with Crippen molar-refractivity contribution in [3.05, 3.63) is 40.4 Å². The van der Waals surface area contributed by atoms with E-state index in [9.17, 15) is 14.4 Å². The molecule has 1 N–H and O–H groups in total. The molecule has 9 heteroatoms. The van der Waals surface area contributed by atoms with Crippen molar-refractivity contribution in [2.75, 3.05) is 0 Å². The lowest BCUT2D eigenvalue weighted by Crippen LogP contribution is -2.44. The predicted octanol–water partition coefficient (Wildman–Crippen LogP) is 1.43. The molecule has 9 nitrogen and oxygen atoms in total. The zero-order valence-corrected chi connectivity index (χ0v) is 15.5. The number of carbonyl (C=O) groups is 2. The molecule has 0 atom stereocenters. The standard InChI is InChI=1S/C19H20N6O3/c1-2-23-15(26)12-7-3-4-8-13(12)25-14(21-22-17(23)25)11-24-16(27)19(20-18(24)28)9-5-6-10-19/h3-4,7-8H,2,5-6,9-11H2,1H3,(H,20,28). The van der Waals surface area contributed by atoms with Crippen LogP contribution in [0.4, 0.5) is 4.79 Å². The van der Waals surface area contributed by atoms with Crippen molar-refractivity contribution >= 4 is 28.6 Å². The highest BCUT2D eigenvalue weighted by molar-refractivity contribution is 6.07. The number of nitrogens with zero attached hydrogens (tertiary/aromatic N) is 5. The summed E-state index contributed by atoms with van der Waals surface area (Å²) in [6.45, 7) is 2.32. The molecule has 1 spiro atoms. The van der Waals surface area contributed by atoms with Gasteiger partial charge < -0.3 is 5.32 Å². The molecule has 0 unspecified atom stereocenters. The van der Waals surface area contributed by atoms with Crippen LogP contribution in [-0.2, 0) is 17.9 Å². The molecule has 0 bridgehead atoms. The minimum Gasteiger partial charge on any atom is -0.323 e. The minimum absolute atomic E-state index is 0.0134. The lowest BCUT2D eigenvalue weighted by atomic mass is 9.98. The normalized spacial score (nSPS) is 18.7. The molecular formula is C19H20N6O3. The number of amides is 3. The van der Waals surface area contributed by atoms with Crippen LogP contribution in [0.3, 0.4) is 0 Å². The molecule has 1 aliphatic carbocycles. The first-order valence-electron chi connectivity index (χ1n) is 9.55. The third kappa shape index (κ3) is 2.15. The Labute approximate surface area is 160 Å². The number of benzene rings is 1. The van der Waals surface area contributed by atoms with Crippen molar-refractivity contribution in [3.63, 3.8) is 0 Å². The van der Waals surface area contributed by atoms with Gasteiger partial charge in [-0.05, 0) is 31.9 Å². The summed E-state index contributed by atoms with van der Waals surface area (Å²) in [4.78, 5) is 39.5. The van der Waals surface area contributed by atoms with Crippen LogP contribution in [0, 0.1) is 0 Å². The number of aryl methyl sites for hydroxylation is 1. The molecule has 28 heavy (non-hydrogen) atoms. The number of nitrogens with one attached hydrogen (secondary N) is 1. The summed E-state index contributed by atoms with van der Waals surface area (Å²) in [7, 11) is 0. The van der Waals surface area contributed by atoms with E-state index < -0.39 is 11.6 Å². The van der Waals surface area contributed by atoms with Crippen molar-refractivity contribution in [3.8, 4) is 0 Å². The number of imide groups is 1. The van der Waals surface area contributed by atoms with Gasteiger partial charge in [0.15, 0.2) is 5.82 Å². The molecular weight excluding hydrogens is 360 g/mol. The van der Waals surface area contributed by atoms with Gasteiger partial charge in [-0.1, -0.05) is 25.0 Å². The van der Waals surface area contributed by atoms with Gasteiger partial charge in [-0.2, -0.15) is 0 Å².